The highest BCUT2D eigenvalue weighted by Crippen LogP contribution is 2.41. The summed E-state index contributed by atoms with van der Waals surface area (Å²) in [5.74, 6) is 1.38. The van der Waals surface area contributed by atoms with E-state index in [-0.39, 0.29) is 23.3 Å². The lowest BCUT2D eigenvalue weighted by Crippen LogP contribution is -2.37. The number of hydrogen-bond acceptors (Lipinski definition) is 4. The zero-order valence-corrected chi connectivity index (χ0v) is 18.1. The van der Waals surface area contributed by atoms with E-state index in [0.717, 1.165) is 69.5 Å². The summed E-state index contributed by atoms with van der Waals surface area (Å²) in [6.45, 7) is 2.31. The molecule has 1 aliphatic carbocycles. The van der Waals surface area contributed by atoms with Crippen LogP contribution in [0.4, 0.5) is 0 Å². The van der Waals surface area contributed by atoms with Gasteiger partial charge in [-0.2, -0.15) is 0 Å². The lowest BCUT2D eigenvalue weighted by molar-refractivity contribution is 0.0767. The quantitative estimate of drug-likeness (QED) is 0.825. The van der Waals surface area contributed by atoms with Crippen molar-refractivity contribution in [3.8, 4) is 0 Å². The summed E-state index contributed by atoms with van der Waals surface area (Å²) in [4.78, 5) is 27.8. The first kappa shape index (κ1) is 20.2. The van der Waals surface area contributed by atoms with Crippen LogP contribution in [0.1, 0.15) is 78.2 Å². The molecule has 3 heterocycles. The molecule has 1 saturated heterocycles. The minimum atomic E-state index is -0.0890. The molecular weight excluding hydrogens is 390 g/mol. The maximum absolute atomic E-state index is 12.9. The fraction of sp³-hybridized carbons (Fsp3) is 0.583. The number of benzene rings is 1. The van der Waals surface area contributed by atoms with E-state index in [9.17, 15) is 9.59 Å². The summed E-state index contributed by atoms with van der Waals surface area (Å²) in [7, 11) is 0. The van der Waals surface area contributed by atoms with Gasteiger partial charge in [0.2, 0.25) is 5.82 Å². The van der Waals surface area contributed by atoms with Crippen LogP contribution in [0.2, 0.25) is 0 Å². The number of aryl methyl sites for hydroxylation is 1. The molecule has 0 radical (unpaired) electrons. The maximum atomic E-state index is 12.9. The molecule has 1 N–H and O–H groups in total. The van der Waals surface area contributed by atoms with E-state index in [1.54, 1.807) is 0 Å². The number of amides is 2. The van der Waals surface area contributed by atoms with Crippen molar-refractivity contribution in [2.24, 2.45) is 5.41 Å². The van der Waals surface area contributed by atoms with Crippen molar-refractivity contribution in [1.82, 2.24) is 25.0 Å². The van der Waals surface area contributed by atoms with Gasteiger partial charge in [-0.25, -0.2) is 0 Å². The fourth-order valence-electron chi connectivity index (χ4n) is 5.55. The number of carbonyl (C=O) groups is 2. The molecule has 1 aromatic carbocycles. The lowest BCUT2D eigenvalue weighted by Gasteiger charge is -2.27. The fourth-order valence-corrected chi connectivity index (χ4v) is 5.55. The molecule has 1 saturated carbocycles. The molecule has 3 aliphatic rings. The predicted molar refractivity (Wildman–Crippen MR) is 117 cm³/mol. The number of nitrogens with one attached hydrogen (secondary N) is 1. The van der Waals surface area contributed by atoms with Crippen molar-refractivity contribution in [3.63, 3.8) is 0 Å². The van der Waals surface area contributed by atoms with E-state index in [4.69, 9.17) is 0 Å². The zero-order chi connectivity index (χ0) is 21.3. The van der Waals surface area contributed by atoms with E-state index in [1.807, 2.05) is 39.8 Å². The third-order valence-corrected chi connectivity index (χ3v) is 7.46. The number of carbonyl (C=O) groups excluding carboxylic acids is 2. The first-order valence-corrected chi connectivity index (χ1v) is 11.7. The van der Waals surface area contributed by atoms with Crippen LogP contribution in [-0.2, 0) is 13.0 Å². The molecule has 2 aromatic rings. The van der Waals surface area contributed by atoms with Crippen LogP contribution in [-0.4, -0.2) is 50.6 Å². The van der Waals surface area contributed by atoms with Gasteiger partial charge in [0.25, 0.3) is 11.8 Å². The van der Waals surface area contributed by atoms with Crippen molar-refractivity contribution in [3.05, 3.63) is 47.5 Å². The molecule has 1 aromatic heterocycles. The van der Waals surface area contributed by atoms with E-state index < -0.39 is 0 Å². The lowest BCUT2D eigenvalue weighted by atomic mass is 9.80. The van der Waals surface area contributed by atoms with Gasteiger partial charge in [0.1, 0.15) is 5.82 Å². The van der Waals surface area contributed by atoms with Crippen LogP contribution < -0.4 is 5.32 Å². The number of likely N-dealkylation sites (tertiary alicyclic amines) is 1. The third-order valence-electron chi connectivity index (χ3n) is 7.46. The minimum Gasteiger partial charge on any atom is -0.347 e. The summed E-state index contributed by atoms with van der Waals surface area (Å²) in [6.07, 6.45) is 9.48. The summed E-state index contributed by atoms with van der Waals surface area (Å²) in [5.41, 5.74) is 0.856. The summed E-state index contributed by atoms with van der Waals surface area (Å²) >= 11 is 0. The van der Waals surface area contributed by atoms with E-state index in [2.05, 4.69) is 15.5 Å². The molecule has 164 valence electrons. The Labute approximate surface area is 183 Å². The Hall–Kier alpha value is -2.70. The van der Waals surface area contributed by atoms with Crippen LogP contribution in [0.15, 0.2) is 30.3 Å². The molecule has 2 aliphatic heterocycles. The molecular formula is C24H31N5O2. The predicted octanol–water partition coefficient (Wildman–Crippen LogP) is 3.21. The SMILES string of the molecule is O=C(NC1CCCCC1)c1nnc2n1CC[C@]1(CC2)CCN(C(=O)c2ccccc2)C1. The summed E-state index contributed by atoms with van der Waals surface area (Å²) in [5, 5.41) is 11.8. The van der Waals surface area contributed by atoms with E-state index >= 15 is 0 Å². The number of nitrogens with zero attached hydrogens (tertiary/aromatic N) is 4. The highest BCUT2D eigenvalue weighted by atomic mass is 16.2. The second kappa shape index (κ2) is 8.44. The Morgan fingerprint density at radius 2 is 1.74 bits per heavy atom. The Kier molecular flexibility index (Phi) is 5.50. The highest BCUT2D eigenvalue weighted by Gasteiger charge is 2.41. The Morgan fingerprint density at radius 1 is 0.968 bits per heavy atom. The van der Waals surface area contributed by atoms with Crippen molar-refractivity contribution in [2.45, 2.75) is 70.4 Å². The van der Waals surface area contributed by atoms with Crippen LogP contribution in [0, 0.1) is 5.41 Å². The van der Waals surface area contributed by atoms with Crippen molar-refractivity contribution in [2.75, 3.05) is 13.1 Å². The van der Waals surface area contributed by atoms with Crippen molar-refractivity contribution < 1.29 is 9.59 Å². The van der Waals surface area contributed by atoms with Crippen LogP contribution in [0.3, 0.4) is 0 Å². The van der Waals surface area contributed by atoms with Gasteiger partial charge in [-0.15, -0.1) is 10.2 Å². The van der Waals surface area contributed by atoms with Gasteiger partial charge in [-0.3, -0.25) is 9.59 Å². The Bertz CT molecular complexity index is 950. The summed E-state index contributed by atoms with van der Waals surface area (Å²) < 4.78 is 2.02. The molecule has 1 atom stereocenters. The Balaban J connectivity index is 1.25. The van der Waals surface area contributed by atoms with Gasteiger partial charge in [0.05, 0.1) is 0 Å². The molecule has 5 rings (SSSR count). The van der Waals surface area contributed by atoms with Crippen molar-refractivity contribution in [1.29, 1.82) is 0 Å². The van der Waals surface area contributed by atoms with Crippen molar-refractivity contribution >= 4 is 11.8 Å². The van der Waals surface area contributed by atoms with Gasteiger partial charge in [-0.1, -0.05) is 37.5 Å². The van der Waals surface area contributed by atoms with Gasteiger partial charge >= 0.3 is 0 Å². The topological polar surface area (TPSA) is 80.1 Å². The van der Waals surface area contributed by atoms with Crippen LogP contribution in [0.5, 0.6) is 0 Å². The highest BCUT2D eigenvalue weighted by molar-refractivity contribution is 5.94. The average molecular weight is 422 g/mol. The molecule has 31 heavy (non-hydrogen) atoms. The molecule has 0 unspecified atom stereocenters. The smallest absolute Gasteiger partial charge is 0.289 e. The standard InChI is InChI=1S/C24H31N5O2/c30-22(25-19-9-5-2-6-10-19)21-27-26-20-11-12-24(14-16-29(20)21)13-15-28(17-24)23(31)18-7-3-1-4-8-18/h1,3-4,7-8,19H,2,5-6,9-17H2,(H,25,30)/t24-/m0/s1. The van der Waals surface area contributed by atoms with Gasteiger partial charge < -0.3 is 14.8 Å². The second-order valence-corrected chi connectivity index (χ2v) is 9.49. The Morgan fingerprint density at radius 3 is 2.55 bits per heavy atom. The first-order valence-electron chi connectivity index (χ1n) is 11.7. The molecule has 7 heteroatoms. The van der Waals surface area contributed by atoms with Gasteiger partial charge in [0.15, 0.2) is 0 Å². The number of fused-ring (bicyclic) bond motifs is 1. The minimum absolute atomic E-state index is 0.0890. The maximum Gasteiger partial charge on any atom is 0.289 e. The van der Waals surface area contributed by atoms with Crippen LogP contribution in [0.25, 0.3) is 0 Å². The number of hydrogen-bond donors (Lipinski definition) is 1. The molecule has 7 nitrogen and oxygen atoms in total. The van der Waals surface area contributed by atoms with Gasteiger partial charge in [-0.05, 0) is 49.7 Å². The molecule has 2 amide bonds. The van der Waals surface area contributed by atoms with Crippen LogP contribution >= 0.6 is 0 Å². The largest absolute Gasteiger partial charge is 0.347 e. The molecule has 0 bridgehead atoms. The first-order chi connectivity index (χ1) is 15.1. The third kappa shape index (κ3) is 4.10. The molecule has 2 fully saturated rings. The molecule has 1 spiro atoms. The number of rotatable bonds is 3. The van der Waals surface area contributed by atoms with E-state index in [1.165, 1.54) is 19.3 Å². The second-order valence-electron chi connectivity index (χ2n) is 9.49. The monoisotopic (exact) mass is 421 g/mol. The van der Waals surface area contributed by atoms with E-state index in [0.29, 0.717) is 5.82 Å². The zero-order valence-electron chi connectivity index (χ0n) is 18.1. The average Bonchev–Trinajstić information content (AvgIpc) is 3.37. The normalized spacial score (nSPS) is 24.1. The van der Waals surface area contributed by atoms with Gasteiger partial charge in [0, 0.05) is 37.7 Å². The number of aromatic nitrogens is 3. The summed E-state index contributed by atoms with van der Waals surface area (Å²) in [6, 6.07) is 9.80.